The summed E-state index contributed by atoms with van der Waals surface area (Å²) in [6.45, 7) is 15.4. The topological polar surface area (TPSA) is 256 Å². The number of esters is 1. The maximum atomic E-state index is 14.6. The molecule has 7 rings (SSSR count). The van der Waals surface area contributed by atoms with Gasteiger partial charge in [0.25, 0.3) is 0 Å². The largest absolute Gasteiger partial charge is 0.432 e. The van der Waals surface area contributed by atoms with Gasteiger partial charge in [-0.3, -0.25) is 4.79 Å². The number of hydrogen-bond acceptors (Lipinski definition) is 15. The van der Waals surface area contributed by atoms with Crippen LogP contribution in [0.1, 0.15) is 100 Å². The third kappa shape index (κ3) is 6.26. The zero-order valence-electron chi connectivity index (χ0n) is 34.6. The van der Waals surface area contributed by atoms with Crippen LogP contribution in [-0.4, -0.2) is 149 Å². The highest BCUT2D eigenvalue weighted by Crippen LogP contribution is 2.76. The van der Waals surface area contributed by atoms with Gasteiger partial charge in [0.2, 0.25) is 6.29 Å². The monoisotopic (exact) mass is 812 g/mol. The van der Waals surface area contributed by atoms with Crippen LogP contribution in [0.3, 0.4) is 0 Å². The number of rotatable bonds is 5. The van der Waals surface area contributed by atoms with Crippen molar-refractivity contribution in [2.45, 2.75) is 186 Å². The molecule has 4 saturated carbocycles. The summed E-state index contributed by atoms with van der Waals surface area (Å²) in [5.74, 6) is -1.70. The Morgan fingerprint density at radius 2 is 1.39 bits per heavy atom. The fraction of sp³-hybridized carbons (Fsp3) is 0.929. The molecular weight excluding hydrogens is 744 g/mol. The van der Waals surface area contributed by atoms with Gasteiger partial charge < -0.3 is 70.0 Å². The van der Waals surface area contributed by atoms with Gasteiger partial charge >= 0.3 is 5.97 Å². The summed E-state index contributed by atoms with van der Waals surface area (Å²) >= 11 is 0. The van der Waals surface area contributed by atoms with Gasteiger partial charge in [-0.05, 0) is 96.7 Å². The normalized spacial score (nSPS) is 55.6. The molecule has 0 aromatic rings. The quantitative estimate of drug-likeness (QED) is 0.102. The van der Waals surface area contributed by atoms with Crippen LogP contribution in [0.25, 0.3) is 0 Å². The standard InChI is InChI=1S/C42H68O15/c1-18-26(47)28(49)30(51)34(54-18)57-36(53)42-12-11-37(2,3)13-20(42)19-9-10-24-39(6)14-22(45)33(56-35-31(52)29(50)27(48)23(17-43)55-35)38(4,5)32(39)21(44)15-41(24,8)40(19,7)16-25(42)46/h9,18,20-35,43-52H,10-17H2,1-8H3/t18-,20-,21+,22-,23+,24+,25+,26-,27+,28+,29-,30+,31+,32-,33-,34-,35-,39+,40+,41+,42+/m0/s1. The summed E-state index contributed by atoms with van der Waals surface area (Å²) in [6, 6.07) is 0. The van der Waals surface area contributed by atoms with Gasteiger partial charge in [0, 0.05) is 0 Å². The van der Waals surface area contributed by atoms with Crippen molar-refractivity contribution in [2.24, 2.45) is 50.2 Å². The van der Waals surface area contributed by atoms with Gasteiger partial charge in [0.05, 0.1) is 37.1 Å². The molecule has 7 aliphatic rings. The van der Waals surface area contributed by atoms with E-state index in [9.17, 15) is 55.9 Å². The molecule has 21 atom stereocenters. The van der Waals surface area contributed by atoms with E-state index >= 15 is 0 Å². The van der Waals surface area contributed by atoms with Crippen molar-refractivity contribution in [2.75, 3.05) is 6.61 Å². The van der Waals surface area contributed by atoms with Gasteiger partial charge in [-0.25, -0.2) is 0 Å². The van der Waals surface area contributed by atoms with E-state index < -0.39 is 137 Å². The lowest BCUT2D eigenvalue weighted by Crippen LogP contribution is -2.72. The summed E-state index contributed by atoms with van der Waals surface area (Å²) in [5.41, 5.74) is -3.47. The van der Waals surface area contributed by atoms with Gasteiger partial charge in [-0.1, -0.05) is 60.1 Å². The van der Waals surface area contributed by atoms with Crippen molar-refractivity contribution < 1.29 is 74.8 Å². The Labute approximate surface area is 335 Å². The second-order valence-electron chi connectivity index (χ2n) is 21.1. The molecule has 2 saturated heterocycles. The number of aliphatic hydroxyl groups is 10. The fourth-order valence-electron chi connectivity index (χ4n) is 13.9. The van der Waals surface area contributed by atoms with Crippen LogP contribution in [0.5, 0.6) is 0 Å². The second kappa shape index (κ2) is 14.4. The molecule has 5 aliphatic carbocycles. The zero-order chi connectivity index (χ0) is 42.2. The Bertz CT molecular complexity index is 1570. The minimum atomic E-state index is -1.69. The molecule has 10 N–H and O–H groups in total. The first-order valence-corrected chi connectivity index (χ1v) is 20.9. The molecule has 2 heterocycles. The Morgan fingerprint density at radius 1 is 0.754 bits per heavy atom. The number of hydrogen-bond donors (Lipinski definition) is 10. The summed E-state index contributed by atoms with van der Waals surface area (Å²) in [6.07, 6.45) is -13.7. The van der Waals surface area contributed by atoms with E-state index in [4.69, 9.17) is 18.9 Å². The molecule has 6 fully saturated rings. The predicted octanol–water partition coefficient (Wildman–Crippen LogP) is 0.256. The molecule has 0 amide bonds. The lowest BCUT2D eigenvalue weighted by molar-refractivity contribution is -0.346. The minimum Gasteiger partial charge on any atom is -0.432 e. The van der Waals surface area contributed by atoms with Gasteiger partial charge in [-0.15, -0.1) is 0 Å². The molecule has 0 radical (unpaired) electrons. The highest BCUT2D eigenvalue weighted by molar-refractivity contribution is 5.80. The van der Waals surface area contributed by atoms with Crippen LogP contribution in [0.4, 0.5) is 0 Å². The number of fused-ring (bicyclic) bond motifs is 7. The third-order valence-electron chi connectivity index (χ3n) is 17.0. The molecule has 326 valence electrons. The van der Waals surface area contributed by atoms with E-state index in [1.54, 1.807) is 0 Å². The van der Waals surface area contributed by atoms with Gasteiger partial charge in [0.15, 0.2) is 6.29 Å². The number of carbonyl (C=O) groups is 1. The lowest BCUT2D eigenvalue weighted by Gasteiger charge is -2.73. The van der Waals surface area contributed by atoms with Crippen molar-refractivity contribution in [1.82, 2.24) is 0 Å². The Balaban J connectivity index is 1.22. The lowest BCUT2D eigenvalue weighted by atomic mass is 9.32. The maximum Gasteiger partial charge on any atom is 0.317 e. The average molecular weight is 813 g/mol. The van der Waals surface area contributed by atoms with Crippen molar-refractivity contribution in [1.29, 1.82) is 0 Å². The molecule has 0 aromatic carbocycles. The molecule has 0 aromatic heterocycles. The van der Waals surface area contributed by atoms with Crippen molar-refractivity contribution in [3.8, 4) is 0 Å². The first-order valence-electron chi connectivity index (χ1n) is 20.9. The van der Waals surface area contributed by atoms with E-state index in [0.29, 0.717) is 32.1 Å². The number of allylic oxidation sites excluding steroid dienone is 2. The molecule has 15 nitrogen and oxygen atoms in total. The predicted molar refractivity (Wildman–Crippen MR) is 200 cm³/mol. The molecule has 15 heteroatoms. The van der Waals surface area contributed by atoms with Crippen molar-refractivity contribution in [3.05, 3.63) is 11.6 Å². The average Bonchev–Trinajstić information content (AvgIpc) is 3.10. The summed E-state index contributed by atoms with van der Waals surface area (Å²) in [5, 5.41) is 110. The molecule has 57 heavy (non-hydrogen) atoms. The van der Waals surface area contributed by atoms with Crippen LogP contribution >= 0.6 is 0 Å². The van der Waals surface area contributed by atoms with Crippen molar-refractivity contribution in [3.63, 3.8) is 0 Å². The molecule has 0 unspecified atom stereocenters. The van der Waals surface area contributed by atoms with Crippen molar-refractivity contribution >= 4 is 5.97 Å². The minimum absolute atomic E-state index is 0.0993. The maximum absolute atomic E-state index is 14.6. The highest BCUT2D eigenvalue weighted by atomic mass is 16.7. The molecule has 0 bridgehead atoms. The van der Waals surface area contributed by atoms with Crippen LogP contribution in [-0.2, 0) is 23.7 Å². The van der Waals surface area contributed by atoms with Gasteiger partial charge in [0.1, 0.15) is 48.1 Å². The number of aliphatic hydroxyl groups excluding tert-OH is 10. The van der Waals surface area contributed by atoms with E-state index in [0.717, 1.165) is 5.57 Å². The number of ether oxygens (including phenoxy) is 4. The van der Waals surface area contributed by atoms with E-state index in [-0.39, 0.29) is 24.2 Å². The van der Waals surface area contributed by atoms with Crippen LogP contribution in [0.15, 0.2) is 11.6 Å². The SMILES string of the molecule is C[C@@H]1O[C@@H](OC(=O)[C@]23CCC(C)(C)C[C@H]2C2=CC[C@@H]4[C@@]5(C)C[C@H](O)[C@H](O[C@@H]6O[C@H](CO)[C@@H](O)[C@H](O)[C@H]6O)C(C)(C)[C@@H]5[C@H](O)C[C@@]4(C)[C@]2(C)C[C@H]3O)[C@H](O)[C@H](O)[C@H]1O. The molecule has 0 spiro atoms. The Morgan fingerprint density at radius 3 is 2.04 bits per heavy atom. The fourth-order valence-corrected chi connectivity index (χ4v) is 13.9. The van der Waals surface area contributed by atoms with E-state index in [1.807, 2.05) is 13.8 Å². The van der Waals surface area contributed by atoms with Crippen LogP contribution in [0.2, 0.25) is 0 Å². The Kier molecular flexibility index (Phi) is 11.0. The third-order valence-corrected chi connectivity index (χ3v) is 17.0. The first-order chi connectivity index (χ1) is 26.3. The highest BCUT2D eigenvalue weighted by Gasteiger charge is 2.74. The van der Waals surface area contributed by atoms with E-state index in [2.05, 4.69) is 40.7 Å². The zero-order valence-corrected chi connectivity index (χ0v) is 34.6. The van der Waals surface area contributed by atoms with Crippen LogP contribution in [0, 0.1) is 50.2 Å². The summed E-state index contributed by atoms with van der Waals surface area (Å²) in [4.78, 5) is 14.6. The summed E-state index contributed by atoms with van der Waals surface area (Å²) < 4.78 is 23.5. The second-order valence-corrected chi connectivity index (χ2v) is 21.1. The molecular formula is C42H68O15. The Hall–Kier alpha value is -1.31. The number of carbonyl (C=O) groups excluding carboxylic acids is 1. The van der Waals surface area contributed by atoms with Gasteiger partial charge in [-0.2, -0.15) is 0 Å². The van der Waals surface area contributed by atoms with E-state index in [1.165, 1.54) is 6.92 Å². The molecule has 2 aliphatic heterocycles. The van der Waals surface area contributed by atoms with Crippen LogP contribution < -0.4 is 0 Å². The summed E-state index contributed by atoms with van der Waals surface area (Å²) in [7, 11) is 0. The first kappa shape index (κ1) is 43.8. The smallest absolute Gasteiger partial charge is 0.317 e.